The normalized spacial score (nSPS) is 10.3. The molecule has 1 heterocycles. The van der Waals surface area contributed by atoms with Crippen molar-refractivity contribution in [3.8, 4) is 0 Å². The van der Waals surface area contributed by atoms with Gasteiger partial charge in [0, 0.05) is 4.88 Å². The molecule has 1 aromatic heterocycles. The third-order valence-electron chi connectivity index (χ3n) is 1.66. The summed E-state index contributed by atoms with van der Waals surface area (Å²) in [4.78, 5) is 1.52. The minimum atomic E-state index is 1.03. The van der Waals surface area contributed by atoms with E-state index in [1.165, 1.54) is 30.6 Å². The topological polar surface area (TPSA) is 0 Å². The predicted octanol–water partition coefficient (Wildman–Crippen LogP) is 3.39. The first kappa shape index (κ1) is 9.14. The average Bonchev–Trinajstić information content (AvgIpc) is 2.50. The van der Waals surface area contributed by atoms with Crippen LogP contribution in [0.4, 0.5) is 0 Å². The molecule has 0 saturated carbocycles. The highest BCUT2D eigenvalue weighted by molar-refractivity contribution is 7.80. The molecule has 0 spiro atoms. The first-order chi connectivity index (χ1) is 5.43. The van der Waals surface area contributed by atoms with Crippen molar-refractivity contribution in [3.05, 3.63) is 22.4 Å². The summed E-state index contributed by atoms with van der Waals surface area (Å²) in [5, 5.41) is 2.15. The van der Waals surface area contributed by atoms with Crippen LogP contribution in [-0.2, 0) is 6.42 Å². The zero-order valence-corrected chi connectivity index (χ0v) is 8.33. The Bertz CT molecular complexity index is 168. The van der Waals surface area contributed by atoms with Gasteiger partial charge in [0.1, 0.15) is 0 Å². The molecule has 0 aliphatic heterocycles. The van der Waals surface area contributed by atoms with Gasteiger partial charge >= 0.3 is 0 Å². The van der Waals surface area contributed by atoms with E-state index in [4.69, 9.17) is 0 Å². The van der Waals surface area contributed by atoms with Gasteiger partial charge in [-0.05, 0) is 36.5 Å². The molecule has 62 valence electrons. The Hall–Kier alpha value is 0.0500. The Kier molecular flexibility index (Phi) is 4.71. The SMILES string of the molecule is SCCCCCc1cccs1. The molecular weight excluding hydrogens is 172 g/mol. The summed E-state index contributed by atoms with van der Waals surface area (Å²) in [6, 6.07) is 4.34. The maximum absolute atomic E-state index is 4.17. The van der Waals surface area contributed by atoms with Gasteiger partial charge in [-0.2, -0.15) is 12.6 Å². The van der Waals surface area contributed by atoms with E-state index in [0.717, 1.165) is 5.75 Å². The van der Waals surface area contributed by atoms with E-state index in [-0.39, 0.29) is 0 Å². The van der Waals surface area contributed by atoms with Crippen LogP contribution in [0.25, 0.3) is 0 Å². The number of rotatable bonds is 5. The van der Waals surface area contributed by atoms with E-state index >= 15 is 0 Å². The number of aryl methyl sites for hydroxylation is 1. The molecule has 0 aliphatic carbocycles. The van der Waals surface area contributed by atoms with Gasteiger partial charge in [-0.25, -0.2) is 0 Å². The summed E-state index contributed by atoms with van der Waals surface area (Å²) in [5.41, 5.74) is 0. The molecule has 2 heteroatoms. The smallest absolute Gasteiger partial charge is 0.00452 e. The number of hydrogen-bond donors (Lipinski definition) is 1. The van der Waals surface area contributed by atoms with Gasteiger partial charge in [-0.15, -0.1) is 11.3 Å². The zero-order chi connectivity index (χ0) is 7.94. The summed E-state index contributed by atoms with van der Waals surface area (Å²) >= 11 is 6.03. The monoisotopic (exact) mass is 186 g/mol. The minimum Gasteiger partial charge on any atom is -0.179 e. The number of thiol groups is 1. The molecule has 0 aromatic carbocycles. The molecule has 0 nitrogen and oxygen atoms in total. The molecule has 0 radical (unpaired) electrons. The molecule has 0 bridgehead atoms. The van der Waals surface area contributed by atoms with Crippen LogP contribution in [0, 0.1) is 0 Å². The molecular formula is C9H14S2. The second-order valence-electron chi connectivity index (χ2n) is 2.61. The van der Waals surface area contributed by atoms with Crippen molar-refractivity contribution >= 4 is 24.0 Å². The Balaban J connectivity index is 2.04. The molecule has 0 saturated heterocycles. The highest BCUT2D eigenvalue weighted by Crippen LogP contribution is 2.12. The van der Waals surface area contributed by atoms with Crippen molar-refractivity contribution in [1.29, 1.82) is 0 Å². The molecule has 1 aromatic rings. The standard InChI is InChI=1S/C9H14S2/c10-7-3-1-2-5-9-6-4-8-11-9/h4,6,8,10H,1-3,5,7H2. The van der Waals surface area contributed by atoms with Crippen LogP contribution in [0.3, 0.4) is 0 Å². The summed E-state index contributed by atoms with van der Waals surface area (Å²) in [6.07, 6.45) is 5.16. The molecule has 0 atom stereocenters. The first-order valence-corrected chi connectivity index (χ1v) is 5.58. The van der Waals surface area contributed by atoms with Gasteiger partial charge < -0.3 is 0 Å². The quantitative estimate of drug-likeness (QED) is 0.529. The molecule has 0 fully saturated rings. The van der Waals surface area contributed by atoms with Crippen LogP contribution < -0.4 is 0 Å². The van der Waals surface area contributed by atoms with Gasteiger partial charge in [-0.3, -0.25) is 0 Å². The predicted molar refractivity (Wildman–Crippen MR) is 55.7 cm³/mol. The van der Waals surface area contributed by atoms with E-state index in [1.54, 1.807) is 0 Å². The van der Waals surface area contributed by atoms with Crippen LogP contribution in [0.1, 0.15) is 24.1 Å². The Morgan fingerprint density at radius 3 is 2.82 bits per heavy atom. The van der Waals surface area contributed by atoms with E-state index < -0.39 is 0 Å². The van der Waals surface area contributed by atoms with E-state index in [1.807, 2.05) is 11.3 Å². The van der Waals surface area contributed by atoms with Crippen molar-refractivity contribution < 1.29 is 0 Å². The Labute approximate surface area is 78.1 Å². The minimum absolute atomic E-state index is 1.03. The lowest BCUT2D eigenvalue weighted by Gasteiger charge is -1.95. The Morgan fingerprint density at radius 1 is 1.27 bits per heavy atom. The molecule has 0 unspecified atom stereocenters. The largest absolute Gasteiger partial charge is 0.179 e. The lowest BCUT2D eigenvalue weighted by molar-refractivity contribution is 0.729. The summed E-state index contributed by atoms with van der Waals surface area (Å²) in [5.74, 6) is 1.03. The molecule has 1 rings (SSSR count). The van der Waals surface area contributed by atoms with Gasteiger partial charge in [0.15, 0.2) is 0 Å². The summed E-state index contributed by atoms with van der Waals surface area (Å²) < 4.78 is 0. The van der Waals surface area contributed by atoms with E-state index in [9.17, 15) is 0 Å². The molecule has 0 aliphatic rings. The van der Waals surface area contributed by atoms with Crippen molar-refractivity contribution in [3.63, 3.8) is 0 Å². The van der Waals surface area contributed by atoms with Crippen molar-refractivity contribution in [2.75, 3.05) is 5.75 Å². The number of thiophene rings is 1. The lowest BCUT2D eigenvalue weighted by atomic mass is 10.2. The highest BCUT2D eigenvalue weighted by atomic mass is 32.1. The molecule has 0 N–H and O–H groups in total. The van der Waals surface area contributed by atoms with Gasteiger partial charge in [-0.1, -0.05) is 12.5 Å². The van der Waals surface area contributed by atoms with Gasteiger partial charge in [0.2, 0.25) is 0 Å². The van der Waals surface area contributed by atoms with Crippen molar-refractivity contribution in [2.24, 2.45) is 0 Å². The first-order valence-electron chi connectivity index (χ1n) is 4.06. The zero-order valence-electron chi connectivity index (χ0n) is 6.62. The van der Waals surface area contributed by atoms with E-state index in [2.05, 4.69) is 30.1 Å². The number of hydrogen-bond acceptors (Lipinski definition) is 2. The van der Waals surface area contributed by atoms with Crippen molar-refractivity contribution in [2.45, 2.75) is 25.7 Å². The second-order valence-corrected chi connectivity index (χ2v) is 4.09. The Morgan fingerprint density at radius 2 is 2.18 bits per heavy atom. The second kappa shape index (κ2) is 5.67. The molecule has 11 heavy (non-hydrogen) atoms. The van der Waals surface area contributed by atoms with Crippen LogP contribution in [0.2, 0.25) is 0 Å². The average molecular weight is 186 g/mol. The van der Waals surface area contributed by atoms with Crippen LogP contribution in [0.15, 0.2) is 17.5 Å². The van der Waals surface area contributed by atoms with E-state index in [0.29, 0.717) is 0 Å². The third-order valence-corrected chi connectivity index (χ3v) is 2.91. The third kappa shape index (κ3) is 3.82. The fourth-order valence-corrected chi connectivity index (χ4v) is 2.02. The fraction of sp³-hybridized carbons (Fsp3) is 0.556. The highest BCUT2D eigenvalue weighted by Gasteiger charge is 1.92. The van der Waals surface area contributed by atoms with Crippen molar-refractivity contribution in [1.82, 2.24) is 0 Å². The van der Waals surface area contributed by atoms with Gasteiger partial charge in [0.25, 0.3) is 0 Å². The maximum Gasteiger partial charge on any atom is 0.00452 e. The molecule has 0 amide bonds. The summed E-state index contributed by atoms with van der Waals surface area (Å²) in [7, 11) is 0. The summed E-state index contributed by atoms with van der Waals surface area (Å²) in [6.45, 7) is 0. The maximum atomic E-state index is 4.17. The van der Waals surface area contributed by atoms with Crippen LogP contribution in [0.5, 0.6) is 0 Å². The van der Waals surface area contributed by atoms with Crippen LogP contribution >= 0.6 is 24.0 Å². The van der Waals surface area contributed by atoms with Crippen LogP contribution in [-0.4, -0.2) is 5.75 Å². The lowest BCUT2D eigenvalue weighted by Crippen LogP contribution is -1.81. The fourth-order valence-electron chi connectivity index (χ4n) is 1.04. The van der Waals surface area contributed by atoms with Gasteiger partial charge in [0.05, 0.1) is 0 Å². The number of unbranched alkanes of at least 4 members (excludes halogenated alkanes) is 2.